The molecule has 0 unspecified atom stereocenters. The molecule has 0 radical (unpaired) electrons. The summed E-state index contributed by atoms with van der Waals surface area (Å²) >= 11 is 3.59. The Morgan fingerprint density at radius 2 is 1.86 bits per heavy atom. The lowest BCUT2D eigenvalue weighted by Gasteiger charge is -2.36. The van der Waals surface area contributed by atoms with E-state index in [1.165, 1.54) is 12.8 Å². The van der Waals surface area contributed by atoms with Crippen LogP contribution in [0.1, 0.15) is 24.4 Å². The molecule has 1 heterocycles. The fourth-order valence-electron chi connectivity index (χ4n) is 2.97. The Morgan fingerprint density at radius 1 is 1.24 bits per heavy atom. The average molecular weight is 399 g/mol. The maximum Gasteiger partial charge on any atom is 0.144 e. The number of phenolic OH excluding ortho intramolecular Hbond substituents is 1. The molecule has 0 aromatic heterocycles. The number of aromatic hydroxyl groups is 1. The highest BCUT2D eigenvalue weighted by Crippen LogP contribution is 2.50. The molecule has 1 aromatic rings. The molecule has 21 heavy (non-hydrogen) atoms. The molecule has 120 valence electrons. The monoisotopic (exact) mass is 397 g/mol. The van der Waals surface area contributed by atoms with Gasteiger partial charge >= 0.3 is 0 Å². The Kier molecular flexibility index (Phi) is 7.07. The van der Waals surface area contributed by atoms with Crippen LogP contribution < -0.4 is 11.1 Å². The zero-order valence-electron chi connectivity index (χ0n) is 11.7. The van der Waals surface area contributed by atoms with Gasteiger partial charge in [-0.25, -0.2) is 0 Å². The van der Waals surface area contributed by atoms with Crippen molar-refractivity contribution in [1.82, 2.24) is 10.2 Å². The molecule has 1 saturated heterocycles. The van der Waals surface area contributed by atoms with Crippen LogP contribution in [0, 0.1) is 5.92 Å². The molecule has 1 aliphatic carbocycles. The van der Waals surface area contributed by atoms with E-state index < -0.39 is 0 Å². The molecular formula is C14H22BrCl2N3O. The van der Waals surface area contributed by atoms with Gasteiger partial charge in [0.2, 0.25) is 0 Å². The van der Waals surface area contributed by atoms with Crippen LogP contribution in [-0.4, -0.2) is 36.2 Å². The summed E-state index contributed by atoms with van der Waals surface area (Å²) in [6.45, 7) is 4.09. The number of hydrogen-bond donors (Lipinski definition) is 3. The highest BCUT2D eigenvalue weighted by Gasteiger charge is 2.39. The topological polar surface area (TPSA) is 61.5 Å². The number of halogens is 3. The van der Waals surface area contributed by atoms with E-state index in [4.69, 9.17) is 5.73 Å². The van der Waals surface area contributed by atoms with Crippen LogP contribution in [0.2, 0.25) is 0 Å². The van der Waals surface area contributed by atoms with Gasteiger partial charge in [0, 0.05) is 42.3 Å². The van der Waals surface area contributed by atoms with Crippen molar-refractivity contribution < 1.29 is 5.11 Å². The van der Waals surface area contributed by atoms with E-state index in [-0.39, 0.29) is 30.6 Å². The van der Waals surface area contributed by atoms with E-state index in [2.05, 4.69) is 26.1 Å². The number of nitrogens with zero attached hydrogens (tertiary/aromatic N) is 1. The molecule has 3 rings (SSSR count). The van der Waals surface area contributed by atoms with Crippen LogP contribution in [0.15, 0.2) is 16.6 Å². The average Bonchev–Trinajstić information content (AvgIpc) is 3.24. The van der Waals surface area contributed by atoms with Crippen molar-refractivity contribution in [2.45, 2.75) is 18.9 Å². The van der Waals surface area contributed by atoms with E-state index >= 15 is 0 Å². The van der Waals surface area contributed by atoms with Crippen molar-refractivity contribution in [1.29, 1.82) is 0 Å². The number of nitrogens with one attached hydrogen (secondary N) is 1. The van der Waals surface area contributed by atoms with E-state index in [9.17, 15) is 5.11 Å². The third kappa shape index (κ3) is 3.96. The number of piperazine rings is 1. The van der Waals surface area contributed by atoms with E-state index in [1.54, 1.807) is 6.07 Å². The molecule has 2 aliphatic rings. The van der Waals surface area contributed by atoms with Gasteiger partial charge in [-0.3, -0.25) is 4.90 Å². The SMILES string of the molecule is Cl.Cl.Nc1ccc(Br)c([C@@H](C2CC2)N2CCNCC2)c1O. The summed E-state index contributed by atoms with van der Waals surface area (Å²) in [4.78, 5) is 2.48. The summed E-state index contributed by atoms with van der Waals surface area (Å²) in [5.41, 5.74) is 7.32. The molecule has 1 aromatic carbocycles. The first-order valence-electron chi connectivity index (χ1n) is 6.90. The van der Waals surface area contributed by atoms with Gasteiger partial charge in [-0.05, 0) is 30.9 Å². The molecule has 0 bridgehead atoms. The maximum absolute atomic E-state index is 10.4. The largest absolute Gasteiger partial charge is 0.505 e. The smallest absolute Gasteiger partial charge is 0.144 e. The lowest BCUT2D eigenvalue weighted by Crippen LogP contribution is -2.45. The molecular weight excluding hydrogens is 377 g/mol. The molecule has 0 amide bonds. The highest BCUT2D eigenvalue weighted by atomic mass is 79.9. The number of phenols is 1. The van der Waals surface area contributed by atoms with Crippen LogP contribution >= 0.6 is 40.7 Å². The minimum atomic E-state index is 0. The standard InChI is InChI=1S/C14H20BrN3O.2ClH/c15-10-3-4-11(16)14(19)12(10)13(9-1-2-9)18-7-5-17-6-8-18;;/h3-4,9,13,17,19H,1-2,5-8,16H2;2*1H/t13-;;/m1../s1. The third-order valence-electron chi connectivity index (χ3n) is 4.10. The molecule has 2 fully saturated rings. The summed E-state index contributed by atoms with van der Waals surface area (Å²) in [5.74, 6) is 0.909. The van der Waals surface area contributed by atoms with Gasteiger partial charge in [-0.15, -0.1) is 24.8 Å². The molecule has 1 saturated carbocycles. The number of anilines is 1. The maximum atomic E-state index is 10.4. The Hall–Kier alpha value is -0.200. The Morgan fingerprint density at radius 3 is 2.43 bits per heavy atom. The van der Waals surface area contributed by atoms with Gasteiger partial charge < -0.3 is 16.2 Å². The van der Waals surface area contributed by atoms with E-state index in [1.807, 2.05) is 6.07 Å². The quantitative estimate of drug-likeness (QED) is 0.541. The molecule has 4 nitrogen and oxygen atoms in total. The van der Waals surface area contributed by atoms with Gasteiger partial charge in [0.1, 0.15) is 5.75 Å². The van der Waals surface area contributed by atoms with Gasteiger partial charge in [0.05, 0.1) is 5.69 Å². The van der Waals surface area contributed by atoms with E-state index in [0.717, 1.165) is 36.2 Å². The van der Waals surface area contributed by atoms with Crippen LogP contribution in [0.5, 0.6) is 5.75 Å². The molecule has 1 aliphatic heterocycles. The lowest BCUT2D eigenvalue weighted by atomic mass is 9.98. The van der Waals surface area contributed by atoms with Crippen molar-refractivity contribution in [3.63, 3.8) is 0 Å². The summed E-state index contributed by atoms with van der Waals surface area (Å²) in [7, 11) is 0. The molecule has 7 heteroatoms. The number of nitrogens with two attached hydrogens (primary N) is 1. The molecule has 0 spiro atoms. The van der Waals surface area contributed by atoms with Crippen LogP contribution in [0.3, 0.4) is 0 Å². The zero-order chi connectivity index (χ0) is 13.4. The van der Waals surface area contributed by atoms with Crippen LogP contribution in [0.4, 0.5) is 5.69 Å². The van der Waals surface area contributed by atoms with Gasteiger partial charge in [-0.2, -0.15) is 0 Å². The highest BCUT2D eigenvalue weighted by molar-refractivity contribution is 9.10. The summed E-state index contributed by atoms with van der Waals surface area (Å²) < 4.78 is 0.967. The summed E-state index contributed by atoms with van der Waals surface area (Å²) in [6, 6.07) is 3.99. The minimum Gasteiger partial charge on any atom is -0.505 e. The fraction of sp³-hybridized carbons (Fsp3) is 0.571. The lowest BCUT2D eigenvalue weighted by molar-refractivity contribution is 0.153. The van der Waals surface area contributed by atoms with Gasteiger partial charge in [-0.1, -0.05) is 15.9 Å². The molecule has 1 atom stereocenters. The van der Waals surface area contributed by atoms with E-state index in [0.29, 0.717) is 17.6 Å². The number of benzene rings is 1. The minimum absolute atomic E-state index is 0. The van der Waals surface area contributed by atoms with Crippen molar-refractivity contribution in [3.05, 3.63) is 22.2 Å². The Labute approximate surface area is 146 Å². The second-order valence-electron chi connectivity index (χ2n) is 5.47. The number of nitrogen functional groups attached to an aromatic ring is 1. The predicted octanol–water partition coefficient (Wildman–Crippen LogP) is 2.94. The van der Waals surface area contributed by atoms with Gasteiger partial charge in [0.25, 0.3) is 0 Å². The molecule has 4 N–H and O–H groups in total. The summed E-state index contributed by atoms with van der Waals surface area (Å²) in [6.07, 6.45) is 2.49. The first-order chi connectivity index (χ1) is 9.18. The second-order valence-corrected chi connectivity index (χ2v) is 6.32. The fourth-order valence-corrected chi connectivity index (χ4v) is 3.52. The first-order valence-corrected chi connectivity index (χ1v) is 7.69. The number of hydrogen-bond acceptors (Lipinski definition) is 4. The van der Waals surface area contributed by atoms with Crippen LogP contribution in [0.25, 0.3) is 0 Å². The second kappa shape index (κ2) is 7.88. The zero-order valence-corrected chi connectivity index (χ0v) is 14.9. The Balaban J connectivity index is 0.00000110. The predicted molar refractivity (Wildman–Crippen MR) is 94.6 cm³/mol. The Bertz CT molecular complexity index is 480. The first kappa shape index (κ1) is 18.8. The number of rotatable bonds is 3. The third-order valence-corrected chi connectivity index (χ3v) is 4.80. The van der Waals surface area contributed by atoms with Gasteiger partial charge in [0.15, 0.2) is 0 Å². The van der Waals surface area contributed by atoms with Crippen molar-refractivity contribution >= 4 is 46.4 Å². The summed E-state index contributed by atoms with van der Waals surface area (Å²) in [5, 5.41) is 13.7. The van der Waals surface area contributed by atoms with Crippen molar-refractivity contribution in [2.24, 2.45) is 5.92 Å². The van der Waals surface area contributed by atoms with Crippen LogP contribution in [-0.2, 0) is 0 Å². The van der Waals surface area contributed by atoms with Crippen molar-refractivity contribution in [3.8, 4) is 5.75 Å². The van der Waals surface area contributed by atoms with Crippen molar-refractivity contribution in [2.75, 3.05) is 31.9 Å². The normalized spacial score (nSPS) is 20.2.